The quantitative estimate of drug-likeness (QED) is 0.654. The lowest BCUT2D eigenvalue weighted by Gasteiger charge is -2.13. The number of hydrogen-bond donors (Lipinski definition) is 2. The number of amides is 2. The number of thiocarbonyl (C=S) groups is 1. The van der Waals surface area contributed by atoms with Crippen molar-refractivity contribution < 1.29 is 9.59 Å². The number of anilines is 1. The zero-order valence-corrected chi connectivity index (χ0v) is 13.3. The molecule has 2 amide bonds. The van der Waals surface area contributed by atoms with Gasteiger partial charge in [-0.2, -0.15) is 5.26 Å². The van der Waals surface area contributed by atoms with Gasteiger partial charge in [0.1, 0.15) is 11.1 Å². The van der Waals surface area contributed by atoms with Crippen LogP contribution < -0.4 is 11.1 Å². The number of benzene rings is 1. The third-order valence-electron chi connectivity index (χ3n) is 3.42. The van der Waals surface area contributed by atoms with E-state index in [2.05, 4.69) is 11.4 Å². The number of carbonyl (C=O) groups excluding carboxylic acids is 2. The molecule has 3 rings (SSSR count). The van der Waals surface area contributed by atoms with E-state index in [1.54, 1.807) is 29.6 Å². The number of fused-ring (bicyclic) bond motifs is 1. The van der Waals surface area contributed by atoms with Gasteiger partial charge in [-0.05, 0) is 29.7 Å². The van der Waals surface area contributed by atoms with Crippen molar-refractivity contribution in [2.45, 2.75) is 6.54 Å². The Morgan fingerprint density at radius 3 is 2.43 bits per heavy atom. The molecule has 0 unspecified atom stereocenters. The predicted octanol–water partition coefficient (Wildman–Crippen LogP) is 2.07. The number of carbonyl (C=O) groups is 2. The maximum Gasteiger partial charge on any atom is 0.261 e. The summed E-state index contributed by atoms with van der Waals surface area (Å²) >= 11 is 6.02. The molecule has 0 aliphatic carbocycles. The Labute approximate surface area is 141 Å². The van der Waals surface area contributed by atoms with Crippen molar-refractivity contribution in [3.8, 4) is 6.07 Å². The van der Waals surface area contributed by atoms with Crippen molar-refractivity contribution in [2.24, 2.45) is 5.73 Å². The first kappa shape index (κ1) is 15.1. The van der Waals surface area contributed by atoms with Gasteiger partial charge in [0.05, 0.1) is 23.2 Å². The number of imide groups is 1. The number of nitriles is 1. The van der Waals surface area contributed by atoms with Gasteiger partial charge in [-0.25, -0.2) is 0 Å². The van der Waals surface area contributed by atoms with Crippen molar-refractivity contribution in [1.82, 2.24) is 4.90 Å². The molecular weight excluding hydrogens is 332 g/mol. The van der Waals surface area contributed by atoms with E-state index in [1.165, 1.54) is 11.3 Å². The lowest BCUT2D eigenvalue weighted by Crippen LogP contribution is -2.29. The fourth-order valence-electron chi connectivity index (χ4n) is 2.39. The highest BCUT2D eigenvalue weighted by Gasteiger charge is 2.35. The highest BCUT2D eigenvalue weighted by atomic mass is 32.1. The summed E-state index contributed by atoms with van der Waals surface area (Å²) in [5.74, 6) is -0.714. The van der Waals surface area contributed by atoms with Crippen LogP contribution in [0.2, 0.25) is 0 Å². The Morgan fingerprint density at radius 2 is 1.91 bits per heavy atom. The lowest BCUT2D eigenvalue weighted by molar-refractivity contribution is 0.0642. The van der Waals surface area contributed by atoms with Crippen molar-refractivity contribution in [1.29, 1.82) is 5.26 Å². The highest BCUT2D eigenvalue weighted by Crippen LogP contribution is 2.31. The molecule has 1 aliphatic heterocycles. The fourth-order valence-corrected chi connectivity index (χ4v) is 3.47. The van der Waals surface area contributed by atoms with Crippen LogP contribution in [0.15, 0.2) is 29.6 Å². The van der Waals surface area contributed by atoms with Gasteiger partial charge < -0.3 is 11.1 Å². The van der Waals surface area contributed by atoms with Crippen LogP contribution in [0, 0.1) is 11.3 Å². The molecule has 0 saturated heterocycles. The highest BCUT2D eigenvalue weighted by molar-refractivity contribution is 7.80. The second-order valence-corrected chi connectivity index (χ2v) is 6.13. The summed E-state index contributed by atoms with van der Waals surface area (Å²) < 4.78 is 0. The normalized spacial score (nSPS) is 12.9. The van der Waals surface area contributed by atoms with E-state index >= 15 is 0 Å². The van der Waals surface area contributed by atoms with Crippen molar-refractivity contribution in [3.63, 3.8) is 0 Å². The fraction of sp³-hybridized carbons (Fsp3) is 0.0667. The molecule has 3 N–H and O–H groups in total. The van der Waals surface area contributed by atoms with E-state index in [0.29, 0.717) is 27.3 Å². The van der Waals surface area contributed by atoms with Crippen molar-refractivity contribution in [3.05, 3.63) is 51.9 Å². The van der Waals surface area contributed by atoms with Crippen molar-refractivity contribution in [2.75, 3.05) is 5.32 Å². The van der Waals surface area contributed by atoms with Gasteiger partial charge in [-0.15, -0.1) is 11.3 Å². The van der Waals surface area contributed by atoms with E-state index in [1.807, 2.05) is 0 Å². The molecule has 0 fully saturated rings. The molecule has 6 nitrogen and oxygen atoms in total. The van der Waals surface area contributed by atoms with E-state index in [4.69, 9.17) is 18.0 Å². The summed E-state index contributed by atoms with van der Waals surface area (Å²) in [7, 11) is 0. The molecule has 0 radical (unpaired) electrons. The summed E-state index contributed by atoms with van der Waals surface area (Å²) in [6.45, 7) is 0.0325. The molecule has 114 valence electrons. The molecule has 2 heterocycles. The van der Waals surface area contributed by atoms with Crippen LogP contribution >= 0.6 is 23.6 Å². The Balaban J connectivity index is 1.91. The first-order valence-electron chi connectivity index (χ1n) is 6.55. The number of nitrogens with one attached hydrogen (secondary N) is 1. The van der Waals surface area contributed by atoms with Gasteiger partial charge in [-0.3, -0.25) is 14.5 Å². The monoisotopic (exact) mass is 342 g/mol. The zero-order chi connectivity index (χ0) is 16.6. The van der Waals surface area contributed by atoms with Gasteiger partial charge in [0, 0.05) is 5.56 Å². The Bertz CT molecular complexity index is 847. The number of nitrogens with zero attached hydrogens (tertiary/aromatic N) is 2. The average Bonchev–Trinajstić information content (AvgIpc) is 3.01. The van der Waals surface area contributed by atoms with E-state index in [9.17, 15) is 14.9 Å². The van der Waals surface area contributed by atoms with E-state index in [0.717, 1.165) is 4.90 Å². The lowest BCUT2D eigenvalue weighted by atomic mass is 10.1. The standard InChI is InChI=1S/C15H10N4O2S2/c16-5-11-8(7-23-12(11)18-15(17)22)6-19-13(20)9-3-1-2-4-10(9)14(19)21/h1-4,7H,6H2,(H3,17,18,22). The molecule has 0 atom stereocenters. The number of rotatable bonds is 3. The molecular formula is C15H10N4O2S2. The van der Waals surface area contributed by atoms with Gasteiger partial charge in [0.25, 0.3) is 11.8 Å². The molecule has 1 aliphatic rings. The van der Waals surface area contributed by atoms with Crippen LogP contribution in [-0.4, -0.2) is 21.8 Å². The Morgan fingerprint density at radius 1 is 1.30 bits per heavy atom. The maximum absolute atomic E-state index is 12.4. The summed E-state index contributed by atoms with van der Waals surface area (Å²) in [6, 6.07) is 8.72. The van der Waals surface area contributed by atoms with Crippen LogP contribution in [0.3, 0.4) is 0 Å². The SMILES string of the molecule is N#Cc1c(CN2C(=O)c3ccccc3C2=O)csc1NC(N)=S. The molecule has 0 saturated carbocycles. The largest absolute Gasteiger partial charge is 0.376 e. The third-order valence-corrected chi connectivity index (χ3v) is 4.47. The number of hydrogen-bond acceptors (Lipinski definition) is 5. The topological polar surface area (TPSA) is 99.2 Å². The average molecular weight is 342 g/mol. The summed E-state index contributed by atoms with van der Waals surface area (Å²) in [4.78, 5) is 25.9. The van der Waals surface area contributed by atoms with Gasteiger partial charge >= 0.3 is 0 Å². The molecule has 2 aromatic rings. The molecule has 1 aromatic carbocycles. The zero-order valence-electron chi connectivity index (χ0n) is 11.7. The Kier molecular flexibility index (Phi) is 3.82. The molecule has 1 aromatic heterocycles. The summed E-state index contributed by atoms with van der Waals surface area (Å²) in [5.41, 5.74) is 7.09. The Hall–Kier alpha value is -2.76. The maximum atomic E-state index is 12.4. The molecule has 0 spiro atoms. The number of thiophene rings is 1. The minimum absolute atomic E-state index is 0.0325. The molecule has 23 heavy (non-hydrogen) atoms. The second-order valence-electron chi connectivity index (χ2n) is 4.81. The van der Waals surface area contributed by atoms with Crippen LogP contribution in [0.25, 0.3) is 0 Å². The van der Waals surface area contributed by atoms with Crippen LogP contribution in [0.1, 0.15) is 31.8 Å². The van der Waals surface area contributed by atoms with Gasteiger partial charge in [-0.1, -0.05) is 12.1 Å². The number of nitrogens with two attached hydrogens (primary N) is 1. The van der Waals surface area contributed by atoms with Crippen LogP contribution in [-0.2, 0) is 6.54 Å². The second kappa shape index (κ2) is 5.79. The predicted molar refractivity (Wildman–Crippen MR) is 90.1 cm³/mol. The molecule has 0 bridgehead atoms. The van der Waals surface area contributed by atoms with Gasteiger partial charge in [0.15, 0.2) is 5.11 Å². The minimum atomic E-state index is -0.357. The van der Waals surface area contributed by atoms with Crippen LogP contribution in [0.5, 0.6) is 0 Å². The summed E-state index contributed by atoms with van der Waals surface area (Å²) in [6.07, 6.45) is 0. The third kappa shape index (κ3) is 2.56. The van der Waals surface area contributed by atoms with E-state index < -0.39 is 0 Å². The van der Waals surface area contributed by atoms with Gasteiger partial charge in [0.2, 0.25) is 0 Å². The van der Waals surface area contributed by atoms with Crippen molar-refractivity contribution >= 4 is 45.5 Å². The first-order chi connectivity index (χ1) is 11.0. The molecule has 8 heteroatoms. The minimum Gasteiger partial charge on any atom is -0.376 e. The van der Waals surface area contributed by atoms with E-state index in [-0.39, 0.29) is 23.5 Å². The van der Waals surface area contributed by atoms with Crippen LogP contribution in [0.4, 0.5) is 5.00 Å². The first-order valence-corrected chi connectivity index (χ1v) is 7.84. The smallest absolute Gasteiger partial charge is 0.261 e. The summed E-state index contributed by atoms with van der Waals surface area (Å²) in [5, 5.41) is 14.3.